The summed E-state index contributed by atoms with van der Waals surface area (Å²) in [5.41, 5.74) is 3.08. The van der Waals surface area contributed by atoms with E-state index in [-0.39, 0.29) is 5.56 Å². The van der Waals surface area contributed by atoms with Crippen LogP contribution in [0.1, 0.15) is 0 Å². The van der Waals surface area contributed by atoms with Gasteiger partial charge in [-0.25, -0.2) is 9.66 Å². The highest BCUT2D eigenvalue weighted by atomic mass is 32.2. The molecule has 2 heterocycles. The van der Waals surface area contributed by atoms with Crippen molar-refractivity contribution in [1.82, 2.24) is 9.66 Å². The van der Waals surface area contributed by atoms with Crippen molar-refractivity contribution < 1.29 is 4.74 Å². The van der Waals surface area contributed by atoms with Crippen LogP contribution < -0.4 is 5.43 Å². The maximum Gasteiger partial charge on any atom is 0.196 e. The first-order chi connectivity index (χ1) is 4.90. The van der Waals surface area contributed by atoms with E-state index < -0.39 is 0 Å². The summed E-state index contributed by atoms with van der Waals surface area (Å²) in [5.74, 6) is 0. The average molecular weight is 157 g/mol. The number of nitrogens with one attached hydrogen (secondary N) is 1. The van der Waals surface area contributed by atoms with E-state index >= 15 is 0 Å². The molecule has 0 saturated carbocycles. The molecule has 0 saturated heterocycles. The summed E-state index contributed by atoms with van der Waals surface area (Å²) in [6.45, 7) is 0. The van der Waals surface area contributed by atoms with Gasteiger partial charge in [-0.05, 0) is 11.8 Å². The minimum absolute atomic E-state index is 0.0173. The van der Waals surface area contributed by atoms with Gasteiger partial charge in [-0.2, -0.15) is 0 Å². The molecule has 1 aromatic heterocycles. The number of rotatable bonds is 1. The summed E-state index contributed by atoms with van der Waals surface area (Å²) in [4.78, 5) is 4.08. The second kappa shape index (κ2) is 2.17. The third-order valence-electron chi connectivity index (χ3n) is 1.28. The standard InChI is InChI=1S/C5H7N3OS/c1-9-5-7-8-3-2-6-4(8)10-5/h2-3,5,7H,1H3. The fourth-order valence-electron chi connectivity index (χ4n) is 0.812. The molecular weight excluding hydrogens is 150 g/mol. The summed E-state index contributed by atoms with van der Waals surface area (Å²) in [6.07, 6.45) is 3.61. The monoisotopic (exact) mass is 157 g/mol. The number of fused-ring (bicyclic) bond motifs is 1. The van der Waals surface area contributed by atoms with Crippen LogP contribution in [0.2, 0.25) is 0 Å². The van der Waals surface area contributed by atoms with Crippen LogP contribution in [0.25, 0.3) is 0 Å². The molecule has 1 atom stereocenters. The number of aromatic nitrogens is 2. The molecule has 1 N–H and O–H groups in total. The summed E-state index contributed by atoms with van der Waals surface area (Å²) >= 11 is 1.56. The van der Waals surface area contributed by atoms with E-state index in [1.807, 2.05) is 10.9 Å². The molecule has 0 aromatic carbocycles. The Balaban J connectivity index is 2.21. The quantitative estimate of drug-likeness (QED) is 0.643. The van der Waals surface area contributed by atoms with E-state index in [4.69, 9.17) is 4.74 Å². The molecule has 0 bridgehead atoms. The smallest absolute Gasteiger partial charge is 0.196 e. The van der Waals surface area contributed by atoms with Crippen molar-refractivity contribution in [3.8, 4) is 0 Å². The summed E-state index contributed by atoms with van der Waals surface area (Å²) in [6, 6.07) is 0. The Bertz CT molecular complexity index is 216. The summed E-state index contributed by atoms with van der Waals surface area (Å²) < 4.78 is 6.89. The molecule has 1 aromatic rings. The van der Waals surface area contributed by atoms with Crippen molar-refractivity contribution in [3.63, 3.8) is 0 Å². The van der Waals surface area contributed by atoms with E-state index in [1.165, 1.54) is 0 Å². The SMILES string of the molecule is COC1Nn2ccnc2S1. The van der Waals surface area contributed by atoms with Crippen molar-refractivity contribution >= 4 is 11.8 Å². The van der Waals surface area contributed by atoms with Crippen LogP contribution in [0.15, 0.2) is 17.6 Å². The lowest BCUT2D eigenvalue weighted by Crippen LogP contribution is -2.18. The molecule has 1 unspecified atom stereocenters. The molecule has 0 fully saturated rings. The zero-order chi connectivity index (χ0) is 6.97. The summed E-state index contributed by atoms with van der Waals surface area (Å²) in [5, 5.41) is 0.951. The first-order valence-corrected chi connectivity index (χ1v) is 3.77. The minimum Gasteiger partial charge on any atom is -0.351 e. The largest absolute Gasteiger partial charge is 0.351 e. The van der Waals surface area contributed by atoms with Gasteiger partial charge in [0.05, 0.1) is 0 Å². The van der Waals surface area contributed by atoms with Gasteiger partial charge in [-0.3, -0.25) is 5.43 Å². The van der Waals surface area contributed by atoms with E-state index in [9.17, 15) is 0 Å². The van der Waals surface area contributed by atoms with Crippen molar-refractivity contribution in [2.75, 3.05) is 12.5 Å². The third kappa shape index (κ3) is 0.783. The number of hydrogen-bond acceptors (Lipinski definition) is 4. The van der Waals surface area contributed by atoms with E-state index in [2.05, 4.69) is 10.4 Å². The molecule has 2 rings (SSSR count). The van der Waals surface area contributed by atoms with Crippen molar-refractivity contribution in [1.29, 1.82) is 0 Å². The molecule has 0 aliphatic carbocycles. The van der Waals surface area contributed by atoms with Crippen LogP contribution in [-0.4, -0.2) is 22.3 Å². The first kappa shape index (κ1) is 6.06. The predicted octanol–water partition coefficient (Wildman–Crippen LogP) is 0.462. The molecule has 5 heteroatoms. The third-order valence-corrected chi connectivity index (χ3v) is 2.30. The molecule has 10 heavy (non-hydrogen) atoms. The molecule has 1 aliphatic rings. The molecule has 0 amide bonds. The van der Waals surface area contributed by atoms with Gasteiger partial charge in [-0.1, -0.05) is 0 Å². The number of imidazole rings is 1. The second-order valence-electron chi connectivity index (χ2n) is 1.89. The number of ether oxygens (including phenoxy) is 1. The van der Waals surface area contributed by atoms with Crippen molar-refractivity contribution in [3.05, 3.63) is 12.4 Å². The molecule has 0 spiro atoms. The molecule has 1 aliphatic heterocycles. The average Bonchev–Trinajstić information content (AvgIpc) is 2.42. The van der Waals surface area contributed by atoms with Crippen LogP contribution in [0.5, 0.6) is 0 Å². The van der Waals surface area contributed by atoms with Gasteiger partial charge in [0.25, 0.3) is 0 Å². The topological polar surface area (TPSA) is 39.1 Å². The molecule has 0 radical (unpaired) electrons. The van der Waals surface area contributed by atoms with Crippen LogP contribution in [0.4, 0.5) is 0 Å². The Morgan fingerprint density at radius 1 is 1.90 bits per heavy atom. The Kier molecular flexibility index (Phi) is 1.32. The van der Waals surface area contributed by atoms with Gasteiger partial charge in [0.15, 0.2) is 10.7 Å². The lowest BCUT2D eigenvalue weighted by atomic mass is 10.9. The van der Waals surface area contributed by atoms with E-state index in [0.29, 0.717) is 0 Å². The van der Waals surface area contributed by atoms with Crippen LogP contribution in [-0.2, 0) is 4.74 Å². The van der Waals surface area contributed by atoms with Crippen LogP contribution in [0, 0.1) is 0 Å². The lowest BCUT2D eigenvalue weighted by Gasteiger charge is -2.05. The van der Waals surface area contributed by atoms with Gasteiger partial charge in [-0.15, -0.1) is 0 Å². The van der Waals surface area contributed by atoms with Gasteiger partial charge >= 0.3 is 0 Å². The van der Waals surface area contributed by atoms with Crippen molar-refractivity contribution in [2.45, 2.75) is 10.7 Å². The van der Waals surface area contributed by atoms with Gasteiger partial charge in [0.1, 0.15) is 0 Å². The van der Waals surface area contributed by atoms with Crippen molar-refractivity contribution in [2.24, 2.45) is 0 Å². The Morgan fingerprint density at radius 3 is 3.50 bits per heavy atom. The number of thioether (sulfide) groups is 1. The number of methoxy groups -OCH3 is 1. The van der Waals surface area contributed by atoms with Gasteiger partial charge < -0.3 is 4.74 Å². The van der Waals surface area contributed by atoms with E-state index in [1.54, 1.807) is 25.1 Å². The van der Waals surface area contributed by atoms with E-state index in [0.717, 1.165) is 5.16 Å². The fourth-order valence-corrected chi connectivity index (χ4v) is 1.61. The minimum atomic E-state index is 0.0173. The van der Waals surface area contributed by atoms with Gasteiger partial charge in [0, 0.05) is 19.5 Å². The highest BCUT2D eigenvalue weighted by molar-refractivity contribution is 7.99. The first-order valence-electron chi connectivity index (χ1n) is 2.89. The number of hydrogen-bond donors (Lipinski definition) is 1. The number of nitrogens with zero attached hydrogens (tertiary/aromatic N) is 2. The zero-order valence-electron chi connectivity index (χ0n) is 5.44. The maximum absolute atomic E-state index is 5.04. The Morgan fingerprint density at radius 2 is 2.80 bits per heavy atom. The van der Waals surface area contributed by atoms with Gasteiger partial charge in [0.2, 0.25) is 0 Å². The summed E-state index contributed by atoms with van der Waals surface area (Å²) in [7, 11) is 1.66. The predicted molar refractivity (Wildman–Crippen MR) is 38.2 cm³/mol. The Labute approximate surface area is 62.6 Å². The lowest BCUT2D eigenvalue weighted by molar-refractivity contribution is 0.187. The normalized spacial score (nSPS) is 22.3. The zero-order valence-corrected chi connectivity index (χ0v) is 6.26. The molecule has 54 valence electrons. The second-order valence-corrected chi connectivity index (χ2v) is 2.92. The highest BCUT2D eigenvalue weighted by Crippen LogP contribution is 2.26. The molecule has 4 nitrogen and oxygen atoms in total. The molecular formula is C5H7N3OS. The van der Waals surface area contributed by atoms with Crippen LogP contribution in [0.3, 0.4) is 0 Å². The maximum atomic E-state index is 5.04. The van der Waals surface area contributed by atoms with Crippen LogP contribution >= 0.6 is 11.8 Å². The fraction of sp³-hybridized carbons (Fsp3) is 0.400. The highest BCUT2D eigenvalue weighted by Gasteiger charge is 2.20. The Hall–Kier alpha value is -0.680.